The quantitative estimate of drug-likeness (QED) is 0.768. The number of aliphatic hydroxyl groups is 2. The molecule has 1 aromatic carbocycles. The number of aliphatic imine (C=N–C) groups is 1. The molecule has 1 aromatic rings. The van der Waals surface area contributed by atoms with Gasteiger partial charge in [0.2, 0.25) is 5.90 Å². The third-order valence-corrected chi connectivity index (χ3v) is 2.56. The zero-order valence-corrected chi connectivity index (χ0v) is 9.37. The second-order valence-electron chi connectivity index (χ2n) is 3.94. The van der Waals surface area contributed by atoms with E-state index in [2.05, 4.69) is 4.99 Å². The van der Waals surface area contributed by atoms with Crippen LogP contribution in [0.15, 0.2) is 35.3 Å². The van der Waals surface area contributed by atoms with Gasteiger partial charge < -0.3 is 19.7 Å². The topological polar surface area (TPSA) is 71.3 Å². The van der Waals surface area contributed by atoms with Gasteiger partial charge in [-0.25, -0.2) is 4.99 Å². The first kappa shape index (κ1) is 11.9. The lowest BCUT2D eigenvalue weighted by Gasteiger charge is -2.16. The lowest BCUT2D eigenvalue weighted by atomic mass is 10.1. The van der Waals surface area contributed by atoms with Gasteiger partial charge in [-0.3, -0.25) is 0 Å². The maximum atomic E-state index is 9.13. The van der Waals surface area contributed by atoms with Crippen LogP contribution in [0.3, 0.4) is 0 Å². The van der Waals surface area contributed by atoms with E-state index in [9.17, 15) is 0 Å². The molecule has 0 saturated heterocycles. The molecule has 0 unspecified atom stereocenters. The second kappa shape index (κ2) is 5.16. The zero-order chi connectivity index (χ0) is 12.1. The molecule has 1 aliphatic rings. The van der Waals surface area contributed by atoms with E-state index < -0.39 is 5.54 Å². The molecule has 0 amide bonds. The average Bonchev–Trinajstić information content (AvgIpc) is 2.82. The van der Waals surface area contributed by atoms with Crippen LogP contribution in [0.2, 0.25) is 0 Å². The molecular weight excluding hydrogens is 222 g/mol. The van der Waals surface area contributed by atoms with Crippen molar-refractivity contribution in [2.45, 2.75) is 5.54 Å². The summed E-state index contributed by atoms with van der Waals surface area (Å²) in [4.78, 5) is 4.14. The Morgan fingerprint density at radius 1 is 1.24 bits per heavy atom. The number of nitrogens with zero attached hydrogens (tertiary/aromatic N) is 1. The van der Waals surface area contributed by atoms with Crippen molar-refractivity contribution in [2.24, 2.45) is 4.99 Å². The Kier molecular flexibility index (Phi) is 3.61. The maximum absolute atomic E-state index is 9.13. The monoisotopic (exact) mass is 237 g/mol. The lowest BCUT2D eigenvalue weighted by Crippen LogP contribution is -2.37. The molecule has 2 rings (SSSR count). The molecule has 0 bridgehead atoms. The van der Waals surface area contributed by atoms with Crippen molar-refractivity contribution in [1.29, 1.82) is 0 Å². The Hall–Kier alpha value is -1.59. The van der Waals surface area contributed by atoms with Crippen LogP contribution in [0.25, 0.3) is 0 Å². The van der Waals surface area contributed by atoms with E-state index in [1.165, 1.54) is 0 Å². The zero-order valence-electron chi connectivity index (χ0n) is 9.37. The minimum atomic E-state index is -0.907. The van der Waals surface area contributed by atoms with E-state index in [1.807, 2.05) is 30.3 Å². The fourth-order valence-electron chi connectivity index (χ4n) is 1.49. The van der Waals surface area contributed by atoms with E-state index in [0.29, 0.717) is 5.90 Å². The molecule has 0 radical (unpaired) electrons. The number of aliphatic hydroxyl groups excluding tert-OH is 2. The van der Waals surface area contributed by atoms with E-state index in [-0.39, 0.29) is 26.4 Å². The van der Waals surface area contributed by atoms with Crippen molar-refractivity contribution < 1.29 is 19.7 Å². The Morgan fingerprint density at radius 3 is 2.53 bits per heavy atom. The highest BCUT2D eigenvalue weighted by molar-refractivity contribution is 5.79. The summed E-state index contributed by atoms with van der Waals surface area (Å²) in [5.41, 5.74) is -0.907. The van der Waals surface area contributed by atoms with Crippen LogP contribution in [0, 0.1) is 0 Å². The molecule has 92 valence electrons. The molecule has 2 N–H and O–H groups in total. The van der Waals surface area contributed by atoms with E-state index in [4.69, 9.17) is 19.7 Å². The number of rotatable bonds is 5. The molecular formula is C12H15NO4. The molecule has 5 heteroatoms. The first-order chi connectivity index (χ1) is 8.28. The third-order valence-electron chi connectivity index (χ3n) is 2.56. The van der Waals surface area contributed by atoms with Crippen molar-refractivity contribution in [2.75, 3.05) is 26.4 Å². The summed E-state index contributed by atoms with van der Waals surface area (Å²) in [6.07, 6.45) is 0. The molecule has 1 aliphatic heterocycles. The Bertz CT molecular complexity index is 387. The van der Waals surface area contributed by atoms with Crippen LogP contribution in [0.1, 0.15) is 0 Å². The molecule has 5 nitrogen and oxygen atoms in total. The van der Waals surface area contributed by atoms with E-state index >= 15 is 0 Å². The van der Waals surface area contributed by atoms with E-state index in [1.54, 1.807) is 0 Å². The van der Waals surface area contributed by atoms with Crippen LogP contribution in [-0.2, 0) is 4.74 Å². The predicted molar refractivity (Wildman–Crippen MR) is 62.2 cm³/mol. The van der Waals surface area contributed by atoms with Gasteiger partial charge in [-0.15, -0.1) is 0 Å². The summed E-state index contributed by atoms with van der Waals surface area (Å²) >= 11 is 0. The fraction of sp³-hybridized carbons (Fsp3) is 0.417. The van der Waals surface area contributed by atoms with Crippen molar-refractivity contribution >= 4 is 5.90 Å². The molecule has 0 aromatic heterocycles. The number of benzene rings is 1. The average molecular weight is 237 g/mol. The highest BCUT2D eigenvalue weighted by atomic mass is 16.5. The van der Waals surface area contributed by atoms with Gasteiger partial charge in [0.05, 0.1) is 13.2 Å². The molecule has 17 heavy (non-hydrogen) atoms. The molecule has 0 fully saturated rings. The SMILES string of the molecule is OCC1(CO)COC(COc2ccccc2)=N1. The van der Waals surface area contributed by atoms with E-state index in [0.717, 1.165) is 5.75 Å². The Labute approximate surface area is 99.3 Å². The van der Waals surface area contributed by atoms with Crippen molar-refractivity contribution in [3.8, 4) is 5.75 Å². The van der Waals surface area contributed by atoms with Gasteiger partial charge in [0, 0.05) is 0 Å². The number of hydrogen-bond donors (Lipinski definition) is 2. The largest absolute Gasteiger partial charge is 0.484 e. The van der Waals surface area contributed by atoms with Gasteiger partial charge in [-0.2, -0.15) is 0 Å². The molecule has 0 aliphatic carbocycles. The smallest absolute Gasteiger partial charge is 0.223 e. The standard InChI is InChI=1S/C12H15NO4/c14-7-12(8-15)9-17-11(13-12)6-16-10-4-2-1-3-5-10/h1-5,14-15H,6-9H2. The lowest BCUT2D eigenvalue weighted by molar-refractivity contribution is 0.0967. The fourth-order valence-corrected chi connectivity index (χ4v) is 1.49. The summed E-state index contributed by atoms with van der Waals surface area (Å²) in [6, 6.07) is 9.32. The van der Waals surface area contributed by atoms with Gasteiger partial charge in [0.1, 0.15) is 17.9 Å². The minimum absolute atomic E-state index is 0.188. The summed E-state index contributed by atoms with van der Waals surface area (Å²) in [6.45, 7) is -0.0874. The highest BCUT2D eigenvalue weighted by Crippen LogP contribution is 2.18. The summed E-state index contributed by atoms with van der Waals surface area (Å²) < 4.78 is 10.7. The van der Waals surface area contributed by atoms with Crippen LogP contribution in [0.4, 0.5) is 0 Å². The van der Waals surface area contributed by atoms with Gasteiger partial charge in [0.25, 0.3) is 0 Å². The maximum Gasteiger partial charge on any atom is 0.223 e. The first-order valence-corrected chi connectivity index (χ1v) is 5.39. The van der Waals surface area contributed by atoms with Gasteiger partial charge in [-0.1, -0.05) is 18.2 Å². The van der Waals surface area contributed by atoms with Crippen LogP contribution in [0.5, 0.6) is 5.75 Å². The van der Waals surface area contributed by atoms with Crippen LogP contribution < -0.4 is 4.74 Å². The Morgan fingerprint density at radius 2 is 1.94 bits per heavy atom. The molecule has 0 spiro atoms. The van der Waals surface area contributed by atoms with Crippen molar-refractivity contribution in [3.63, 3.8) is 0 Å². The van der Waals surface area contributed by atoms with Gasteiger partial charge in [-0.05, 0) is 12.1 Å². The number of hydrogen-bond acceptors (Lipinski definition) is 5. The normalized spacial score (nSPS) is 17.4. The molecule has 1 heterocycles. The van der Waals surface area contributed by atoms with Gasteiger partial charge >= 0.3 is 0 Å². The minimum Gasteiger partial charge on any atom is -0.484 e. The summed E-state index contributed by atoms with van der Waals surface area (Å²) in [7, 11) is 0. The Balaban J connectivity index is 1.93. The van der Waals surface area contributed by atoms with Crippen molar-refractivity contribution in [3.05, 3.63) is 30.3 Å². The number of ether oxygens (including phenoxy) is 2. The summed E-state index contributed by atoms with van der Waals surface area (Å²) in [5, 5.41) is 18.3. The number of para-hydroxylation sites is 1. The van der Waals surface area contributed by atoms with Crippen LogP contribution >= 0.6 is 0 Å². The van der Waals surface area contributed by atoms with Gasteiger partial charge in [0.15, 0.2) is 6.61 Å². The first-order valence-electron chi connectivity index (χ1n) is 5.39. The molecule has 0 atom stereocenters. The van der Waals surface area contributed by atoms with Crippen molar-refractivity contribution in [1.82, 2.24) is 0 Å². The third kappa shape index (κ3) is 2.75. The predicted octanol–water partition coefficient (Wildman–Crippen LogP) is 0.217. The molecule has 0 saturated carbocycles. The summed E-state index contributed by atoms with van der Waals surface area (Å²) in [5.74, 6) is 1.13. The highest BCUT2D eigenvalue weighted by Gasteiger charge is 2.35. The second-order valence-corrected chi connectivity index (χ2v) is 3.94. The van der Waals surface area contributed by atoms with Crippen LogP contribution in [-0.4, -0.2) is 48.1 Å².